The van der Waals surface area contributed by atoms with Gasteiger partial charge in [0.1, 0.15) is 6.04 Å². The van der Waals surface area contributed by atoms with Gasteiger partial charge in [0.15, 0.2) is 0 Å². The third-order valence-electron chi connectivity index (χ3n) is 1.94. The molecule has 0 amide bonds. The molecule has 0 saturated carbocycles. The molecule has 0 spiro atoms. The summed E-state index contributed by atoms with van der Waals surface area (Å²) in [6, 6.07) is -1.06. The number of hydrogen-bond donors (Lipinski definition) is 3. The van der Waals surface area contributed by atoms with E-state index < -0.39 is 18.0 Å². The number of nitrogens with two attached hydrogens (primary N) is 1. The van der Waals surface area contributed by atoms with Gasteiger partial charge >= 0.3 is 69.7 Å². The number of carbonyl (C=O) groups is 2. The van der Waals surface area contributed by atoms with Crippen LogP contribution in [-0.2, 0) is 9.59 Å². The van der Waals surface area contributed by atoms with E-state index in [9.17, 15) is 9.59 Å². The Morgan fingerprint density at radius 3 is 2.12 bits per heavy atom. The first-order valence-electron chi connectivity index (χ1n) is 5.65. The van der Waals surface area contributed by atoms with Gasteiger partial charge in [-0.25, -0.2) is 0 Å². The standard InChI is InChI=1S/C5H9NO4.C5H11.Na/c6-3(5(9)10)1-2-4(7)8;1-3-5-4-2;/h3H,1-2,6H2,(H,7,8)(H,9,10);1,3-5H2,2H3;. The van der Waals surface area contributed by atoms with Gasteiger partial charge in [0, 0.05) is 6.42 Å². The number of carboxylic acid groups (broad SMARTS) is 2. The third-order valence-corrected chi connectivity index (χ3v) is 2.65. The Morgan fingerprint density at radius 2 is 1.88 bits per heavy atom. The first-order chi connectivity index (χ1) is 7.45. The Labute approximate surface area is 114 Å². The molecule has 0 heterocycles. The summed E-state index contributed by atoms with van der Waals surface area (Å²) in [6.45, 7) is 2.25. The molecule has 90 valence electrons. The Morgan fingerprint density at radius 1 is 1.31 bits per heavy atom. The summed E-state index contributed by atoms with van der Waals surface area (Å²) in [5, 5.41) is 16.3. The maximum absolute atomic E-state index is 9.99. The molecule has 6 heteroatoms. The number of aliphatic carboxylic acids is 2. The summed E-state index contributed by atoms with van der Waals surface area (Å²) in [5.41, 5.74) is 5.00. The zero-order valence-corrected chi connectivity index (χ0v) is 12.1. The molecular formula is C10H20NNaO4. The minimum atomic E-state index is -1.17. The molecule has 1 atom stereocenters. The average Bonchev–Trinajstić information content (AvgIpc) is 2.23. The van der Waals surface area contributed by atoms with E-state index in [0.29, 0.717) is 0 Å². The number of hydrogen-bond acceptors (Lipinski definition) is 3. The van der Waals surface area contributed by atoms with Crippen molar-refractivity contribution >= 4 is 39.9 Å². The molecule has 1 unspecified atom stereocenters. The van der Waals surface area contributed by atoms with E-state index in [1.165, 1.54) is 50.9 Å². The molecule has 0 aromatic heterocycles. The van der Waals surface area contributed by atoms with Gasteiger partial charge in [-0.05, 0) is 6.42 Å². The van der Waals surface area contributed by atoms with E-state index in [1.807, 2.05) is 0 Å². The summed E-state index contributed by atoms with van der Waals surface area (Å²) in [5.74, 6) is -2.20. The molecule has 0 aliphatic carbocycles. The van der Waals surface area contributed by atoms with E-state index in [1.54, 1.807) is 0 Å². The molecule has 0 aliphatic heterocycles. The molecule has 0 aromatic rings. The van der Waals surface area contributed by atoms with E-state index in [2.05, 4.69) is 6.92 Å². The minimum Gasteiger partial charge on any atom is -0.481 e. The molecule has 0 fully saturated rings. The Kier molecular flexibility index (Phi) is 14.8. The van der Waals surface area contributed by atoms with E-state index in [-0.39, 0.29) is 12.8 Å². The zero-order chi connectivity index (χ0) is 13.0. The molecule has 0 saturated heterocycles. The number of unbranched alkanes of at least 4 members (excludes halogenated alkanes) is 2. The second kappa shape index (κ2) is 13.0. The van der Waals surface area contributed by atoms with Crippen LogP contribution in [0.1, 0.15) is 39.0 Å². The van der Waals surface area contributed by atoms with Crippen molar-refractivity contribution in [2.75, 3.05) is 0 Å². The van der Waals surface area contributed by atoms with Crippen LogP contribution < -0.4 is 5.73 Å². The number of rotatable bonds is 7. The average molecular weight is 241 g/mol. The van der Waals surface area contributed by atoms with Crippen LogP contribution >= 0.6 is 0 Å². The van der Waals surface area contributed by atoms with Gasteiger partial charge < -0.3 is 15.9 Å². The summed E-state index contributed by atoms with van der Waals surface area (Å²) in [4.78, 5) is 19.9. The van der Waals surface area contributed by atoms with E-state index >= 15 is 0 Å². The van der Waals surface area contributed by atoms with Gasteiger partial charge in [0.05, 0.1) is 0 Å². The van der Waals surface area contributed by atoms with Crippen LogP contribution in [0.2, 0.25) is 3.67 Å². The second-order valence-electron chi connectivity index (χ2n) is 3.58. The Hall–Kier alpha value is -0.100. The van der Waals surface area contributed by atoms with Crippen LogP contribution in [0.4, 0.5) is 0 Å². The molecule has 0 rings (SSSR count). The maximum Gasteiger partial charge on any atom is 0.320 e. The minimum absolute atomic E-state index is 0.0231. The molecule has 0 bridgehead atoms. The zero-order valence-electron chi connectivity index (χ0n) is 10.1. The van der Waals surface area contributed by atoms with Gasteiger partial charge in [-0.3, -0.25) is 9.59 Å². The molecule has 0 radical (unpaired) electrons. The number of carboxylic acids is 2. The molecule has 16 heavy (non-hydrogen) atoms. The first kappa shape index (κ1) is 18.3. The molecule has 5 nitrogen and oxygen atoms in total. The van der Waals surface area contributed by atoms with Crippen LogP contribution in [0, 0.1) is 0 Å². The SMILES string of the molecule is CCCC[CH2][Na].NC(CCC(=O)O)C(=O)O. The predicted molar refractivity (Wildman–Crippen MR) is 62.6 cm³/mol. The van der Waals surface area contributed by atoms with Crippen LogP contribution in [-0.4, -0.2) is 56.1 Å². The van der Waals surface area contributed by atoms with Gasteiger partial charge in [-0.15, -0.1) is 0 Å². The van der Waals surface area contributed by atoms with Crippen molar-refractivity contribution < 1.29 is 19.8 Å². The van der Waals surface area contributed by atoms with E-state index in [0.717, 1.165) is 0 Å². The van der Waals surface area contributed by atoms with Crippen molar-refractivity contribution in [3.8, 4) is 0 Å². The second-order valence-corrected chi connectivity index (χ2v) is 4.58. The summed E-state index contributed by atoms with van der Waals surface area (Å²) in [6.07, 6.45) is 4.08. The Balaban J connectivity index is 0. The topological polar surface area (TPSA) is 101 Å². The summed E-state index contributed by atoms with van der Waals surface area (Å²) < 4.78 is 1.49. The van der Waals surface area contributed by atoms with Crippen LogP contribution in [0.15, 0.2) is 0 Å². The van der Waals surface area contributed by atoms with Gasteiger partial charge in [-0.2, -0.15) is 0 Å². The predicted octanol–water partition coefficient (Wildman–Crippen LogP) is 1.03. The fraction of sp³-hybridized carbons (Fsp3) is 0.800. The van der Waals surface area contributed by atoms with Gasteiger partial charge in [0.2, 0.25) is 0 Å². The van der Waals surface area contributed by atoms with Crippen molar-refractivity contribution in [2.24, 2.45) is 5.73 Å². The fourth-order valence-corrected chi connectivity index (χ4v) is 1.40. The molecule has 0 aliphatic rings. The van der Waals surface area contributed by atoms with Crippen molar-refractivity contribution in [1.82, 2.24) is 0 Å². The van der Waals surface area contributed by atoms with Crippen molar-refractivity contribution in [3.63, 3.8) is 0 Å². The van der Waals surface area contributed by atoms with Crippen molar-refractivity contribution in [2.45, 2.75) is 48.7 Å². The van der Waals surface area contributed by atoms with Gasteiger partial charge in [-0.1, -0.05) is 0 Å². The quantitative estimate of drug-likeness (QED) is 0.456. The van der Waals surface area contributed by atoms with Crippen LogP contribution in [0.5, 0.6) is 0 Å². The monoisotopic (exact) mass is 241 g/mol. The fourth-order valence-electron chi connectivity index (χ4n) is 0.902. The molecule has 0 aromatic carbocycles. The van der Waals surface area contributed by atoms with Crippen molar-refractivity contribution in [1.29, 1.82) is 0 Å². The smallest absolute Gasteiger partial charge is 0.320 e. The normalized spacial score (nSPS) is 11.2. The van der Waals surface area contributed by atoms with Crippen molar-refractivity contribution in [3.05, 3.63) is 0 Å². The van der Waals surface area contributed by atoms with Crippen LogP contribution in [0.3, 0.4) is 0 Å². The maximum atomic E-state index is 9.99. The Bertz CT molecular complexity index is 195. The van der Waals surface area contributed by atoms with E-state index in [4.69, 9.17) is 15.9 Å². The summed E-state index contributed by atoms with van der Waals surface area (Å²) in [7, 11) is 0. The first-order valence-corrected chi connectivity index (χ1v) is 7.07. The van der Waals surface area contributed by atoms with Gasteiger partial charge in [0.25, 0.3) is 0 Å². The summed E-state index contributed by atoms with van der Waals surface area (Å²) >= 11 is 1.40. The van der Waals surface area contributed by atoms with Crippen LogP contribution in [0.25, 0.3) is 0 Å². The molecule has 4 N–H and O–H groups in total. The molecular weight excluding hydrogens is 221 g/mol. The largest absolute Gasteiger partial charge is 0.481 e. The third kappa shape index (κ3) is 16.3.